The van der Waals surface area contributed by atoms with Crippen LogP contribution in [0.1, 0.15) is 11.1 Å². The number of rotatable bonds is 1. The number of alkyl halides is 6. The molecule has 112 valence electrons. The van der Waals surface area contributed by atoms with E-state index in [0.717, 1.165) is 30.3 Å². The third-order valence-corrected chi connectivity index (χ3v) is 2.82. The molecule has 2 aromatic rings. The van der Waals surface area contributed by atoms with Gasteiger partial charge in [-0.15, -0.1) is 0 Å². The van der Waals surface area contributed by atoms with Crippen molar-refractivity contribution in [3.05, 3.63) is 59.4 Å². The average Bonchev–Trinajstić information content (AvgIpc) is 2.36. The first-order valence-corrected chi connectivity index (χ1v) is 5.64. The van der Waals surface area contributed by atoms with Crippen molar-refractivity contribution in [2.24, 2.45) is 0 Å². The summed E-state index contributed by atoms with van der Waals surface area (Å²) in [5.74, 6) is -1.61. The largest absolute Gasteiger partial charge is 0.419 e. The fourth-order valence-corrected chi connectivity index (χ4v) is 2.00. The summed E-state index contributed by atoms with van der Waals surface area (Å²) in [5.41, 5.74) is -4.50. The van der Waals surface area contributed by atoms with E-state index in [9.17, 15) is 30.7 Å². The highest BCUT2D eigenvalue weighted by Crippen LogP contribution is 2.43. The van der Waals surface area contributed by atoms with Gasteiger partial charge in [0, 0.05) is 0 Å². The Labute approximate surface area is 114 Å². The van der Waals surface area contributed by atoms with Crippen LogP contribution in [0.3, 0.4) is 0 Å². The zero-order chi connectivity index (χ0) is 15.8. The Hall–Kier alpha value is -2.05. The maximum absolute atomic E-state index is 13.5. The zero-order valence-corrected chi connectivity index (χ0v) is 10.2. The molecule has 0 unspecified atom stereocenters. The van der Waals surface area contributed by atoms with Gasteiger partial charge in [-0.1, -0.05) is 30.3 Å². The first kappa shape index (κ1) is 15.3. The van der Waals surface area contributed by atoms with Gasteiger partial charge in [0.2, 0.25) is 0 Å². The standard InChI is InChI=1S/C14H7F7/c15-11-7-3-5-9(12(11)14(19,20)21)8-4-1-2-6-10(8)13(16,17)18/h1-7H. The molecule has 0 saturated carbocycles. The first-order valence-electron chi connectivity index (χ1n) is 5.64. The van der Waals surface area contributed by atoms with Crippen LogP contribution in [0, 0.1) is 5.82 Å². The summed E-state index contributed by atoms with van der Waals surface area (Å²) in [5, 5.41) is 0. The van der Waals surface area contributed by atoms with Crippen molar-refractivity contribution >= 4 is 0 Å². The second kappa shape index (κ2) is 5.05. The third-order valence-electron chi connectivity index (χ3n) is 2.82. The minimum Gasteiger partial charge on any atom is -0.206 e. The van der Waals surface area contributed by atoms with Crippen molar-refractivity contribution in [3.63, 3.8) is 0 Å². The second-order valence-corrected chi connectivity index (χ2v) is 4.20. The lowest BCUT2D eigenvalue weighted by Crippen LogP contribution is -2.13. The molecular weight excluding hydrogens is 301 g/mol. The SMILES string of the molecule is Fc1cccc(-c2ccccc2C(F)(F)F)c1C(F)(F)F. The molecule has 0 N–H and O–H groups in total. The average molecular weight is 308 g/mol. The highest BCUT2D eigenvalue weighted by Gasteiger charge is 2.40. The van der Waals surface area contributed by atoms with E-state index in [-0.39, 0.29) is 0 Å². The van der Waals surface area contributed by atoms with E-state index in [4.69, 9.17) is 0 Å². The van der Waals surface area contributed by atoms with E-state index in [1.165, 1.54) is 0 Å². The van der Waals surface area contributed by atoms with Crippen LogP contribution in [0.2, 0.25) is 0 Å². The molecule has 0 amide bonds. The van der Waals surface area contributed by atoms with Gasteiger partial charge >= 0.3 is 12.4 Å². The number of halogens is 7. The van der Waals surface area contributed by atoms with E-state index in [0.29, 0.717) is 12.1 Å². The fourth-order valence-electron chi connectivity index (χ4n) is 2.00. The summed E-state index contributed by atoms with van der Waals surface area (Å²) in [6, 6.07) is 6.06. The summed E-state index contributed by atoms with van der Waals surface area (Å²) in [4.78, 5) is 0. The molecule has 0 saturated heterocycles. The van der Waals surface area contributed by atoms with Gasteiger partial charge in [-0.2, -0.15) is 26.3 Å². The Balaban J connectivity index is 2.79. The predicted octanol–water partition coefficient (Wildman–Crippen LogP) is 5.53. The van der Waals surface area contributed by atoms with Gasteiger partial charge in [0.25, 0.3) is 0 Å². The van der Waals surface area contributed by atoms with Gasteiger partial charge in [-0.25, -0.2) is 4.39 Å². The Morgan fingerprint density at radius 1 is 0.619 bits per heavy atom. The van der Waals surface area contributed by atoms with Crippen LogP contribution < -0.4 is 0 Å². The van der Waals surface area contributed by atoms with Crippen LogP contribution in [-0.2, 0) is 12.4 Å². The highest BCUT2D eigenvalue weighted by atomic mass is 19.4. The van der Waals surface area contributed by atoms with E-state index in [1.54, 1.807) is 0 Å². The van der Waals surface area contributed by atoms with E-state index in [2.05, 4.69) is 0 Å². The maximum Gasteiger partial charge on any atom is 0.419 e. The number of hydrogen-bond donors (Lipinski definition) is 0. The first-order chi connectivity index (χ1) is 9.62. The summed E-state index contributed by atoms with van der Waals surface area (Å²) in [7, 11) is 0. The van der Waals surface area contributed by atoms with Crippen molar-refractivity contribution in [3.8, 4) is 11.1 Å². The minimum atomic E-state index is -5.10. The quantitative estimate of drug-likeness (QED) is 0.608. The molecule has 0 radical (unpaired) electrons. The van der Waals surface area contributed by atoms with Gasteiger partial charge < -0.3 is 0 Å². The van der Waals surface area contributed by atoms with Gasteiger partial charge in [0.1, 0.15) is 5.82 Å². The molecule has 0 aliphatic rings. The Morgan fingerprint density at radius 3 is 1.76 bits per heavy atom. The van der Waals surface area contributed by atoms with Gasteiger partial charge in [0.05, 0.1) is 11.1 Å². The monoisotopic (exact) mass is 308 g/mol. The molecule has 0 fully saturated rings. The molecule has 0 bridgehead atoms. The van der Waals surface area contributed by atoms with Gasteiger partial charge in [-0.05, 0) is 23.3 Å². The second-order valence-electron chi connectivity index (χ2n) is 4.20. The molecule has 21 heavy (non-hydrogen) atoms. The van der Waals surface area contributed by atoms with Gasteiger partial charge in [-0.3, -0.25) is 0 Å². The fraction of sp³-hybridized carbons (Fsp3) is 0.143. The molecule has 0 spiro atoms. The van der Waals surface area contributed by atoms with Crippen LogP contribution in [0.5, 0.6) is 0 Å². The molecule has 7 heteroatoms. The Bertz CT molecular complexity index is 653. The van der Waals surface area contributed by atoms with E-state index >= 15 is 0 Å². The van der Waals surface area contributed by atoms with Crippen molar-refractivity contribution in [2.45, 2.75) is 12.4 Å². The Morgan fingerprint density at radius 2 is 1.19 bits per heavy atom. The molecule has 0 aliphatic carbocycles. The van der Waals surface area contributed by atoms with Crippen molar-refractivity contribution < 1.29 is 30.7 Å². The lowest BCUT2D eigenvalue weighted by Gasteiger charge is -2.17. The normalized spacial score (nSPS) is 12.5. The lowest BCUT2D eigenvalue weighted by molar-refractivity contribution is -0.140. The summed E-state index contributed by atoms with van der Waals surface area (Å²) >= 11 is 0. The van der Waals surface area contributed by atoms with Crippen molar-refractivity contribution in [1.82, 2.24) is 0 Å². The molecule has 0 aliphatic heterocycles. The van der Waals surface area contributed by atoms with Crippen LogP contribution in [0.25, 0.3) is 11.1 Å². The summed E-state index contributed by atoms with van der Waals surface area (Å²) < 4.78 is 90.8. The predicted molar refractivity (Wildman–Crippen MR) is 61.8 cm³/mol. The molecule has 0 heterocycles. The van der Waals surface area contributed by atoms with Crippen LogP contribution in [-0.4, -0.2) is 0 Å². The molecule has 2 rings (SSSR count). The molecule has 2 aromatic carbocycles. The topological polar surface area (TPSA) is 0 Å². The van der Waals surface area contributed by atoms with E-state index < -0.39 is 40.4 Å². The van der Waals surface area contributed by atoms with Crippen LogP contribution in [0.4, 0.5) is 30.7 Å². The molecular formula is C14H7F7. The van der Waals surface area contributed by atoms with Crippen molar-refractivity contribution in [1.29, 1.82) is 0 Å². The number of hydrogen-bond acceptors (Lipinski definition) is 0. The van der Waals surface area contributed by atoms with Crippen LogP contribution >= 0.6 is 0 Å². The summed E-state index contributed by atoms with van der Waals surface area (Å²) in [6.45, 7) is 0. The Kier molecular flexibility index (Phi) is 3.69. The number of benzene rings is 2. The van der Waals surface area contributed by atoms with E-state index in [1.807, 2.05) is 0 Å². The molecule has 0 aromatic heterocycles. The zero-order valence-electron chi connectivity index (χ0n) is 10.2. The van der Waals surface area contributed by atoms with Crippen LogP contribution in [0.15, 0.2) is 42.5 Å². The highest BCUT2D eigenvalue weighted by molar-refractivity contribution is 5.72. The van der Waals surface area contributed by atoms with Crippen molar-refractivity contribution in [2.75, 3.05) is 0 Å². The van der Waals surface area contributed by atoms with Gasteiger partial charge in [0.15, 0.2) is 0 Å². The third kappa shape index (κ3) is 3.01. The smallest absolute Gasteiger partial charge is 0.206 e. The molecule has 0 atom stereocenters. The maximum atomic E-state index is 13.5. The minimum absolute atomic E-state index is 0.558. The molecule has 0 nitrogen and oxygen atoms in total. The summed E-state index contributed by atoms with van der Waals surface area (Å²) in [6.07, 6.45) is -9.94. The lowest BCUT2D eigenvalue weighted by atomic mass is 9.94.